The summed E-state index contributed by atoms with van der Waals surface area (Å²) in [6.07, 6.45) is 7.05. The molecule has 0 spiro atoms. The highest BCUT2D eigenvalue weighted by Gasteiger charge is 2.24. The van der Waals surface area contributed by atoms with Gasteiger partial charge >= 0.3 is 0 Å². The van der Waals surface area contributed by atoms with Gasteiger partial charge in [-0.15, -0.1) is 5.10 Å². The lowest BCUT2D eigenvalue weighted by Crippen LogP contribution is -2.38. The van der Waals surface area contributed by atoms with E-state index in [2.05, 4.69) is 26.5 Å². The van der Waals surface area contributed by atoms with Crippen molar-refractivity contribution in [3.8, 4) is 0 Å². The molecule has 1 aromatic heterocycles. The SMILES string of the molecule is c1cnnc(N2CCC(CNC3CC3)CC2)c1. The van der Waals surface area contributed by atoms with E-state index in [0.717, 1.165) is 30.9 Å². The zero-order valence-electron chi connectivity index (χ0n) is 10.2. The fourth-order valence-corrected chi connectivity index (χ4v) is 2.45. The highest BCUT2D eigenvalue weighted by atomic mass is 15.3. The van der Waals surface area contributed by atoms with Gasteiger partial charge in [-0.1, -0.05) is 0 Å². The first-order valence-corrected chi connectivity index (χ1v) is 6.68. The Balaban J connectivity index is 1.46. The summed E-state index contributed by atoms with van der Waals surface area (Å²) in [5.74, 6) is 1.88. The van der Waals surface area contributed by atoms with E-state index in [1.807, 2.05) is 6.07 Å². The van der Waals surface area contributed by atoms with Crippen molar-refractivity contribution in [3.05, 3.63) is 18.3 Å². The first-order valence-electron chi connectivity index (χ1n) is 6.68. The van der Waals surface area contributed by atoms with Crippen LogP contribution in [-0.4, -0.2) is 35.9 Å². The van der Waals surface area contributed by atoms with E-state index in [1.54, 1.807) is 6.20 Å². The van der Waals surface area contributed by atoms with Crippen LogP contribution in [0.25, 0.3) is 0 Å². The Morgan fingerprint density at radius 1 is 1.24 bits per heavy atom. The van der Waals surface area contributed by atoms with Gasteiger partial charge in [0.1, 0.15) is 0 Å². The van der Waals surface area contributed by atoms with Crippen molar-refractivity contribution < 1.29 is 0 Å². The van der Waals surface area contributed by atoms with Gasteiger partial charge in [-0.3, -0.25) is 0 Å². The average Bonchev–Trinajstić information content (AvgIpc) is 3.22. The zero-order valence-corrected chi connectivity index (χ0v) is 10.2. The Kier molecular flexibility index (Phi) is 3.22. The van der Waals surface area contributed by atoms with Crippen LogP contribution in [0.3, 0.4) is 0 Å². The average molecular weight is 232 g/mol. The minimum atomic E-state index is 0.841. The molecule has 1 aliphatic heterocycles. The number of hydrogen-bond donors (Lipinski definition) is 1. The van der Waals surface area contributed by atoms with E-state index in [0.29, 0.717) is 0 Å². The van der Waals surface area contributed by atoms with Crippen LogP contribution >= 0.6 is 0 Å². The lowest BCUT2D eigenvalue weighted by molar-refractivity contribution is 0.380. The van der Waals surface area contributed by atoms with E-state index in [1.165, 1.54) is 32.2 Å². The molecule has 2 fully saturated rings. The fourth-order valence-electron chi connectivity index (χ4n) is 2.45. The molecule has 1 aromatic rings. The van der Waals surface area contributed by atoms with E-state index < -0.39 is 0 Å². The summed E-state index contributed by atoms with van der Waals surface area (Å²) in [6.45, 7) is 3.45. The number of nitrogens with one attached hydrogen (secondary N) is 1. The Morgan fingerprint density at radius 2 is 2.06 bits per heavy atom. The topological polar surface area (TPSA) is 41.1 Å². The highest BCUT2D eigenvalue weighted by molar-refractivity contribution is 5.36. The molecule has 1 aliphatic carbocycles. The predicted molar refractivity (Wildman–Crippen MR) is 68.0 cm³/mol. The van der Waals surface area contributed by atoms with Crippen LogP contribution in [-0.2, 0) is 0 Å². The lowest BCUT2D eigenvalue weighted by Gasteiger charge is -2.32. The first-order chi connectivity index (χ1) is 8.42. The molecule has 0 amide bonds. The molecule has 2 heterocycles. The van der Waals surface area contributed by atoms with Crippen molar-refractivity contribution in [2.24, 2.45) is 5.92 Å². The predicted octanol–water partition coefficient (Wildman–Crippen LogP) is 1.44. The van der Waals surface area contributed by atoms with Crippen molar-refractivity contribution in [1.82, 2.24) is 15.5 Å². The summed E-state index contributed by atoms with van der Waals surface area (Å²) in [5.41, 5.74) is 0. The van der Waals surface area contributed by atoms with Gasteiger partial charge in [0.2, 0.25) is 0 Å². The van der Waals surface area contributed by atoms with Gasteiger partial charge < -0.3 is 10.2 Å². The minimum Gasteiger partial charge on any atom is -0.355 e. The molecule has 4 nitrogen and oxygen atoms in total. The molecule has 0 bridgehead atoms. The van der Waals surface area contributed by atoms with Gasteiger partial charge in [0.25, 0.3) is 0 Å². The van der Waals surface area contributed by atoms with E-state index >= 15 is 0 Å². The number of rotatable bonds is 4. The van der Waals surface area contributed by atoms with Crippen LogP contribution in [0, 0.1) is 5.92 Å². The third kappa shape index (κ3) is 2.94. The molecule has 0 unspecified atom stereocenters. The van der Waals surface area contributed by atoms with Crippen molar-refractivity contribution in [2.75, 3.05) is 24.5 Å². The quantitative estimate of drug-likeness (QED) is 0.853. The second kappa shape index (κ2) is 5.00. The number of nitrogens with zero attached hydrogens (tertiary/aromatic N) is 3. The van der Waals surface area contributed by atoms with Crippen molar-refractivity contribution in [1.29, 1.82) is 0 Å². The summed E-state index contributed by atoms with van der Waals surface area (Å²) in [4.78, 5) is 2.35. The maximum absolute atomic E-state index is 4.17. The van der Waals surface area contributed by atoms with E-state index in [-0.39, 0.29) is 0 Å². The van der Waals surface area contributed by atoms with Crippen LogP contribution in [0.5, 0.6) is 0 Å². The maximum Gasteiger partial charge on any atom is 0.151 e. The van der Waals surface area contributed by atoms with Crippen LogP contribution < -0.4 is 10.2 Å². The van der Waals surface area contributed by atoms with Gasteiger partial charge in [0.05, 0.1) is 0 Å². The first kappa shape index (κ1) is 11.0. The van der Waals surface area contributed by atoms with Crippen LogP contribution in [0.4, 0.5) is 5.82 Å². The normalized spacial score (nSPS) is 21.8. The van der Waals surface area contributed by atoms with Crippen molar-refractivity contribution in [2.45, 2.75) is 31.7 Å². The Morgan fingerprint density at radius 3 is 2.71 bits per heavy atom. The third-order valence-corrected chi connectivity index (χ3v) is 3.77. The third-order valence-electron chi connectivity index (χ3n) is 3.77. The summed E-state index contributed by atoms with van der Waals surface area (Å²) < 4.78 is 0. The number of anilines is 1. The molecular formula is C13H20N4. The molecule has 3 rings (SSSR count). The van der Waals surface area contributed by atoms with E-state index in [4.69, 9.17) is 0 Å². The molecule has 0 atom stereocenters. The molecule has 0 radical (unpaired) electrons. The van der Waals surface area contributed by atoms with Crippen LogP contribution in [0.15, 0.2) is 18.3 Å². The molecule has 4 heteroatoms. The zero-order chi connectivity index (χ0) is 11.5. The maximum atomic E-state index is 4.17. The molecule has 1 saturated heterocycles. The molecule has 2 aliphatic rings. The second-order valence-corrected chi connectivity index (χ2v) is 5.19. The minimum absolute atomic E-state index is 0.841. The van der Waals surface area contributed by atoms with Gasteiger partial charge in [0.15, 0.2) is 5.82 Å². The standard InChI is InChI=1S/C13H20N4/c1-2-13(16-15-7-1)17-8-5-11(6-9-17)10-14-12-3-4-12/h1-2,7,11-12,14H,3-6,8-10H2. The van der Waals surface area contributed by atoms with Crippen molar-refractivity contribution >= 4 is 5.82 Å². The van der Waals surface area contributed by atoms with Crippen LogP contribution in [0.1, 0.15) is 25.7 Å². The van der Waals surface area contributed by atoms with Gasteiger partial charge in [-0.2, -0.15) is 5.10 Å². The number of hydrogen-bond acceptors (Lipinski definition) is 4. The molecule has 92 valence electrons. The van der Waals surface area contributed by atoms with Gasteiger partial charge in [-0.05, 0) is 50.3 Å². The summed E-state index contributed by atoms with van der Waals surface area (Å²) >= 11 is 0. The molecule has 1 N–H and O–H groups in total. The van der Waals surface area contributed by atoms with Crippen LogP contribution in [0.2, 0.25) is 0 Å². The molecule has 1 saturated carbocycles. The lowest BCUT2D eigenvalue weighted by atomic mass is 9.97. The number of aromatic nitrogens is 2. The Labute approximate surface area is 102 Å². The monoisotopic (exact) mass is 232 g/mol. The Bertz CT molecular complexity index is 342. The number of piperidine rings is 1. The molecule has 17 heavy (non-hydrogen) atoms. The van der Waals surface area contributed by atoms with Gasteiger partial charge in [0, 0.05) is 25.3 Å². The second-order valence-electron chi connectivity index (χ2n) is 5.19. The summed E-state index contributed by atoms with van der Waals surface area (Å²) in [7, 11) is 0. The van der Waals surface area contributed by atoms with E-state index in [9.17, 15) is 0 Å². The van der Waals surface area contributed by atoms with Crippen molar-refractivity contribution in [3.63, 3.8) is 0 Å². The summed E-state index contributed by atoms with van der Waals surface area (Å²) in [5, 5.41) is 11.7. The largest absolute Gasteiger partial charge is 0.355 e. The molecular weight excluding hydrogens is 212 g/mol. The smallest absolute Gasteiger partial charge is 0.151 e. The highest BCUT2D eigenvalue weighted by Crippen LogP contribution is 2.23. The Hall–Kier alpha value is -1.16. The summed E-state index contributed by atoms with van der Waals surface area (Å²) in [6, 6.07) is 4.85. The molecule has 0 aromatic carbocycles. The fraction of sp³-hybridized carbons (Fsp3) is 0.692. The van der Waals surface area contributed by atoms with Gasteiger partial charge in [-0.25, -0.2) is 0 Å².